The maximum Gasteiger partial charge on any atom is 0.226 e. The molecule has 2 unspecified atom stereocenters. The Kier molecular flexibility index (Phi) is 3.66. The largest absolute Gasteiger partial charge is 0.486 e. The molecule has 3 aliphatic heterocycles. The third-order valence-electron chi connectivity index (χ3n) is 6.57. The van der Waals surface area contributed by atoms with Crippen LogP contribution in [0, 0.1) is 11.3 Å². The van der Waals surface area contributed by atoms with Crippen molar-refractivity contribution in [2.45, 2.75) is 31.6 Å². The lowest BCUT2D eigenvalue weighted by molar-refractivity contribution is -0.134. The number of likely N-dealkylation sites (tertiary alicyclic amines) is 1. The van der Waals surface area contributed by atoms with Gasteiger partial charge in [0.05, 0.1) is 0 Å². The fraction of sp³-hybridized carbons (Fsp3) is 0.650. The SMILES string of the molecule is O=C(C1CC1c1ccc2c(c1)OCCO2)N1CCC2(CCNC2)CC1. The maximum absolute atomic E-state index is 12.9. The second kappa shape index (κ2) is 5.90. The highest BCUT2D eigenvalue weighted by Gasteiger charge is 2.47. The Morgan fingerprint density at radius 2 is 1.92 bits per heavy atom. The highest BCUT2D eigenvalue weighted by atomic mass is 16.6. The minimum Gasteiger partial charge on any atom is -0.486 e. The standard InChI is InChI=1S/C20H26N2O3/c23-19(22-7-4-20(5-8-22)3-6-21-13-20)16-12-15(16)14-1-2-17-18(11-14)25-10-9-24-17/h1-2,11,15-16,21H,3-10,12-13H2. The molecule has 4 aliphatic rings. The molecule has 0 radical (unpaired) electrons. The molecule has 1 aromatic rings. The van der Waals surface area contributed by atoms with E-state index >= 15 is 0 Å². The first-order chi connectivity index (χ1) is 12.2. The molecule has 2 atom stereocenters. The highest BCUT2D eigenvalue weighted by molar-refractivity contribution is 5.83. The molecule has 1 aliphatic carbocycles. The third kappa shape index (κ3) is 2.78. The van der Waals surface area contributed by atoms with Crippen LogP contribution >= 0.6 is 0 Å². The normalized spacial score (nSPS) is 29.7. The van der Waals surface area contributed by atoms with Crippen molar-refractivity contribution in [2.24, 2.45) is 11.3 Å². The van der Waals surface area contributed by atoms with Gasteiger partial charge in [-0.25, -0.2) is 0 Å². The molecule has 3 heterocycles. The number of benzene rings is 1. The molecule has 134 valence electrons. The number of piperidine rings is 1. The van der Waals surface area contributed by atoms with Gasteiger partial charge in [0.1, 0.15) is 13.2 Å². The lowest BCUT2D eigenvalue weighted by Gasteiger charge is -2.39. The molecule has 1 spiro atoms. The second-order valence-corrected chi connectivity index (χ2v) is 8.10. The minimum absolute atomic E-state index is 0.165. The molecule has 3 fully saturated rings. The van der Waals surface area contributed by atoms with Crippen LogP contribution in [0.3, 0.4) is 0 Å². The first-order valence-corrected chi connectivity index (χ1v) is 9.63. The molecule has 0 bridgehead atoms. The molecular weight excluding hydrogens is 316 g/mol. The van der Waals surface area contributed by atoms with Crippen LogP contribution in [0.25, 0.3) is 0 Å². The van der Waals surface area contributed by atoms with E-state index in [1.807, 2.05) is 6.07 Å². The monoisotopic (exact) mass is 342 g/mol. The Labute approximate surface area is 148 Å². The quantitative estimate of drug-likeness (QED) is 0.895. The van der Waals surface area contributed by atoms with E-state index in [4.69, 9.17) is 9.47 Å². The van der Waals surface area contributed by atoms with Crippen molar-refractivity contribution in [1.29, 1.82) is 0 Å². The van der Waals surface area contributed by atoms with E-state index in [2.05, 4.69) is 22.3 Å². The van der Waals surface area contributed by atoms with Gasteiger partial charge in [0.2, 0.25) is 5.91 Å². The van der Waals surface area contributed by atoms with Crippen molar-refractivity contribution in [2.75, 3.05) is 39.4 Å². The van der Waals surface area contributed by atoms with Gasteiger partial charge in [-0.1, -0.05) is 6.07 Å². The molecule has 1 aromatic carbocycles. The second-order valence-electron chi connectivity index (χ2n) is 8.10. The van der Waals surface area contributed by atoms with E-state index in [0.717, 1.165) is 56.9 Å². The van der Waals surface area contributed by atoms with Crippen molar-refractivity contribution in [3.63, 3.8) is 0 Å². The van der Waals surface area contributed by atoms with Crippen LogP contribution in [0.15, 0.2) is 18.2 Å². The van der Waals surface area contributed by atoms with Crippen LogP contribution in [-0.2, 0) is 4.79 Å². The fourth-order valence-corrected chi connectivity index (χ4v) is 4.79. The lowest BCUT2D eigenvalue weighted by Crippen LogP contribution is -2.44. The van der Waals surface area contributed by atoms with Gasteiger partial charge in [-0.3, -0.25) is 4.79 Å². The van der Waals surface area contributed by atoms with Crippen molar-refractivity contribution >= 4 is 5.91 Å². The zero-order chi connectivity index (χ0) is 16.9. The predicted octanol–water partition coefficient (Wildman–Crippen LogP) is 2.16. The summed E-state index contributed by atoms with van der Waals surface area (Å²) in [6, 6.07) is 6.16. The summed E-state index contributed by atoms with van der Waals surface area (Å²) in [6.07, 6.45) is 4.57. The van der Waals surface area contributed by atoms with E-state index in [1.54, 1.807) is 0 Å². The summed E-state index contributed by atoms with van der Waals surface area (Å²) < 4.78 is 11.3. The van der Waals surface area contributed by atoms with E-state index in [1.165, 1.54) is 12.0 Å². The smallest absolute Gasteiger partial charge is 0.226 e. The summed E-state index contributed by atoms with van der Waals surface area (Å²) in [7, 11) is 0. The van der Waals surface area contributed by atoms with Gasteiger partial charge >= 0.3 is 0 Å². The van der Waals surface area contributed by atoms with Gasteiger partial charge < -0.3 is 19.7 Å². The molecular formula is C20H26N2O3. The molecule has 5 heteroatoms. The van der Waals surface area contributed by atoms with E-state index in [0.29, 0.717) is 30.5 Å². The Morgan fingerprint density at radius 3 is 2.68 bits per heavy atom. The number of amides is 1. The van der Waals surface area contributed by atoms with Crippen LogP contribution in [0.2, 0.25) is 0 Å². The highest BCUT2D eigenvalue weighted by Crippen LogP contribution is 2.51. The predicted molar refractivity (Wildman–Crippen MR) is 94.0 cm³/mol. The molecule has 1 N–H and O–H groups in total. The summed E-state index contributed by atoms with van der Waals surface area (Å²) in [5.74, 6) is 2.53. The summed E-state index contributed by atoms with van der Waals surface area (Å²) in [5.41, 5.74) is 1.69. The maximum atomic E-state index is 12.9. The number of carbonyl (C=O) groups excluding carboxylic acids is 1. The average Bonchev–Trinajstić information content (AvgIpc) is 3.35. The first-order valence-electron chi connectivity index (χ1n) is 9.63. The number of ether oxygens (including phenoxy) is 2. The van der Waals surface area contributed by atoms with Crippen molar-refractivity contribution < 1.29 is 14.3 Å². The number of nitrogens with one attached hydrogen (secondary N) is 1. The van der Waals surface area contributed by atoms with Gasteiger partial charge in [0.25, 0.3) is 0 Å². The molecule has 0 aromatic heterocycles. The summed E-state index contributed by atoms with van der Waals surface area (Å²) in [6.45, 7) is 5.37. The summed E-state index contributed by atoms with van der Waals surface area (Å²) in [5, 5.41) is 3.49. The van der Waals surface area contributed by atoms with Crippen molar-refractivity contribution in [3.8, 4) is 11.5 Å². The van der Waals surface area contributed by atoms with Crippen LogP contribution in [0.4, 0.5) is 0 Å². The van der Waals surface area contributed by atoms with E-state index in [9.17, 15) is 4.79 Å². The molecule has 25 heavy (non-hydrogen) atoms. The van der Waals surface area contributed by atoms with Crippen LogP contribution in [-0.4, -0.2) is 50.2 Å². The Bertz CT molecular complexity index is 674. The average molecular weight is 342 g/mol. The third-order valence-corrected chi connectivity index (χ3v) is 6.57. The van der Waals surface area contributed by atoms with Crippen LogP contribution in [0.1, 0.15) is 37.2 Å². The number of hydrogen-bond donors (Lipinski definition) is 1. The van der Waals surface area contributed by atoms with E-state index in [-0.39, 0.29) is 5.92 Å². The van der Waals surface area contributed by atoms with Crippen LogP contribution in [0.5, 0.6) is 11.5 Å². The van der Waals surface area contributed by atoms with Gasteiger partial charge in [-0.05, 0) is 61.3 Å². The molecule has 5 rings (SSSR count). The van der Waals surface area contributed by atoms with Crippen LogP contribution < -0.4 is 14.8 Å². The van der Waals surface area contributed by atoms with Gasteiger partial charge in [-0.15, -0.1) is 0 Å². The molecule has 1 saturated carbocycles. The number of hydrogen-bond acceptors (Lipinski definition) is 4. The van der Waals surface area contributed by atoms with Gasteiger partial charge in [-0.2, -0.15) is 0 Å². The number of rotatable bonds is 2. The summed E-state index contributed by atoms with van der Waals surface area (Å²) >= 11 is 0. The van der Waals surface area contributed by atoms with E-state index < -0.39 is 0 Å². The molecule has 2 saturated heterocycles. The zero-order valence-corrected chi connectivity index (χ0v) is 14.6. The Morgan fingerprint density at radius 1 is 1.12 bits per heavy atom. The molecule has 1 amide bonds. The number of carbonyl (C=O) groups is 1. The van der Waals surface area contributed by atoms with Crippen molar-refractivity contribution in [3.05, 3.63) is 23.8 Å². The van der Waals surface area contributed by atoms with Crippen molar-refractivity contribution in [1.82, 2.24) is 10.2 Å². The Hall–Kier alpha value is -1.75. The fourth-order valence-electron chi connectivity index (χ4n) is 4.79. The lowest BCUT2D eigenvalue weighted by atomic mass is 9.78. The van der Waals surface area contributed by atoms with Gasteiger partial charge in [0.15, 0.2) is 11.5 Å². The summed E-state index contributed by atoms with van der Waals surface area (Å²) in [4.78, 5) is 15.0. The number of nitrogens with zero attached hydrogens (tertiary/aromatic N) is 1. The van der Waals surface area contributed by atoms with Gasteiger partial charge in [0, 0.05) is 25.6 Å². The minimum atomic E-state index is 0.165. The number of fused-ring (bicyclic) bond motifs is 1. The molecule has 5 nitrogen and oxygen atoms in total. The zero-order valence-electron chi connectivity index (χ0n) is 14.6. The Balaban J connectivity index is 1.22. The first kappa shape index (κ1) is 15.5. The topological polar surface area (TPSA) is 50.8 Å².